The van der Waals surface area contributed by atoms with Gasteiger partial charge in [0.1, 0.15) is 0 Å². The molecule has 0 bridgehead atoms. The van der Waals surface area contributed by atoms with Crippen molar-refractivity contribution in [3.05, 3.63) is 52.7 Å². The lowest BCUT2D eigenvalue weighted by Gasteiger charge is -2.16. The van der Waals surface area contributed by atoms with Crippen molar-refractivity contribution in [1.82, 2.24) is 4.90 Å². The van der Waals surface area contributed by atoms with Gasteiger partial charge in [-0.05, 0) is 50.7 Å². The highest BCUT2D eigenvalue weighted by atomic mass is 16.2. The second kappa shape index (κ2) is 13.7. The van der Waals surface area contributed by atoms with Crippen molar-refractivity contribution < 1.29 is 4.79 Å². The zero-order chi connectivity index (χ0) is 23.4. The van der Waals surface area contributed by atoms with Gasteiger partial charge in [0, 0.05) is 55.2 Å². The van der Waals surface area contributed by atoms with Gasteiger partial charge in [-0.15, -0.1) is 0 Å². The van der Waals surface area contributed by atoms with Crippen molar-refractivity contribution in [1.29, 1.82) is 0 Å². The van der Waals surface area contributed by atoms with E-state index in [-0.39, 0.29) is 0 Å². The van der Waals surface area contributed by atoms with Gasteiger partial charge in [-0.25, -0.2) is 0 Å². The summed E-state index contributed by atoms with van der Waals surface area (Å²) in [5, 5.41) is 0. The molecule has 3 rings (SSSR count). The molecule has 1 saturated heterocycles. The number of amides is 1. The van der Waals surface area contributed by atoms with Crippen LogP contribution < -0.4 is 11.5 Å². The van der Waals surface area contributed by atoms with Gasteiger partial charge in [0.25, 0.3) is 0 Å². The lowest BCUT2D eigenvalue weighted by molar-refractivity contribution is -0.129. The van der Waals surface area contributed by atoms with E-state index in [0.29, 0.717) is 18.2 Å². The van der Waals surface area contributed by atoms with Crippen LogP contribution in [0, 0.1) is 5.92 Å². The summed E-state index contributed by atoms with van der Waals surface area (Å²) in [7, 11) is 1.84. The Bertz CT molecular complexity index is 779. The number of carbonyl (C=O) groups is 1. The molecule has 1 heterocycles. The second-order valence-electron chi connectivity index (χ2n) is 7.79. The third-order valence-electron chi connectivity index (χ3n) is 5.48. The molecule has 172 valence electrons. The fraction of sp³-hybridized carbons (Fsp3) is 0.538. The van der Waals surface area contributed by atoms with Crippen molar-refractivity contribution in [3.8, 4) is 0 Å². The number of benzene rings is 1. The van der Waals surface area contributed by atoms with Gasteiger partial charge in [0.2, 0.25) is 5.91 Å². The van der Waals surface area contributed by atoms with E-state index in [9.17, 15) is 4.79 Å². The Hall–Kier alpha value is -2.56. The van der Waals surface area contributed by atoms with Crippen molar-refractivity contribution in [2.24, 2.45) is 22.4 Å². The average Bonchev–Trinajstić information content (AvgIpc) is 3.50. The number of hydrogen-bond donors (Lipinski definition) is 2. The van der Waals surface area contributed by atoms with Crippen LogP contribution in [-0.4, -0.2) is 36.7 Å². The Morgan fingerprint density at radius 3 is 2.03 bits per heavy atom. The summed E-state index contributed by atoms with van der Waals surface area (Å²) < 4.78 is 0. The highest BCUT2D eigenvalue weighted by Crippen LogP contribution is 2.36. The van der Waals surface area contributed by atoms with Gasteiger partial charge >= 0.3 is 0 Å². The molecule has 1 aliphatic heterocycles. The van der Waals surface area contributed by atoms with E-state index in [1.54, 1.807) is 0 Å². The minimum absolute atomic E-state index is 0.313. The molecule has 1 aliphatic carbocycles. The molecule has 0 spiro atoms. The number of nitrogens with two attached hydrogens (primary N) is 2. The van der Waals surface area contributed by atoms with E-state index < -0.39 is 0 Å². The van der Waals surface area contributed by atoms with Gasteiger partial charge in [0.05, 0.1) is 0 Å². The zero-order valence-electron chi connectivity index (χ0n) is 20.4. The first kappa shape index (κ1) is 26.5. The van der Waals surface area contributed by atoms with Gasteiger partial charge in [-0.1, -0.05) is 51.1 Å². The average molecular weight is 427 g/mol. The SMILES string of the molecule is CC.CCC(=O)N1CCCC1.CN=C(C(/C(C)=C(\N)c1ccccc1)=C(\C)N)C1CC1. The maximum absolute atomic E-state index is 10.9. The normalized spacial score (nSPS) is 17.5. The van der Waals surface area contributed by atoms with Gasteiger partial charge in [-0.3, -0.25) is 9.79 Å². The smallest absolute Gasteiger partial charge is 0.222 e. The molecule has 1 aromatic rings. The lowest BCUT2D eigenvalue weighted by Crippen LogP contribution is -2.26. The molecule has 2 fully saturated rings. The third-order valence-corrected chi connectivity index (χ3v) is 5.48. The Labute approximate surface area is 189 Å². The molecule has 5 nitrogen and oxygen atoms in total. The Morgan fingerprint density at radius 1 is 1.06 bits per heavy atom. The monoisotopic (exact) mass is 426 g/mol. The summed E-state index contributed by atoms with van der Waals surface area (Å²) in [6.45, 7) is 11.9. The molecule has 0 atom stereocenters. The highest BCUT2D eigenvalue weighted by molar-refractivity contribution is 6.08. The van der Waals surface area contributed by atoms with E-state index in [4.69, 9.17) is 11.5 Å². The number of likely N-dealkylation sites (tertiary alicyclic amines) is 1. The number of aliphatic imine (C=N–C) groups is 1. The summed E-state index contributed by atoms with van der Waals surface area (Å²) in [4.78, 5) is 17.3. The molecule has 1 amide bonds. The topological polar surface area (TPSA) is 84.7 Å². The number of rotatable bonds is 5. The maximum atomic E-state index is 10.9. The van der Waals surface area contributed by atoms with Crippen LogP contribution in [-0.2, 0) is 4.79 Å². The molecule has 31 heavy (non-hydrogen) atoms. The molecule has 1 aromatic carbocycles. The van der Waals surface area contributed by atoms with Crippen LogP contribution >= 0.6 is 0 Å². The molecule has 4 N–H and O–H groups in total. The van der Waals surface area contributed by atoms with Crippen molar-refractivity contribution in [3.63, 3.8) is 0 Å². The number of carbonyl (C=O) groups excluding carboxylic acids is 1. The predicted octanol–water partition coefficient (Wildman–Crippen LogP) is 5.13. The number of allylic oxidation sites excluding steroid dienone is 3. The van der Waals surface area contributed by atoms with Crippen molar-refractivity contribution in [2.45, 2.75) is 66.7 Å². The van der Waals surface area contributed by atoms with Crippen LogP contribution in [0.2, 0.25) is 0 Å². The summed E-state index contributed by atoms with van der Waals surface area (Å²) in [5.74, 6) is 0.861. The van der Waals surface area contributed by atoms with E-state index in [2.05, 4.69) is 4.99 Å². The van der Waals surface area contributed by atoms with Crippen LogP contribution in [0.3, 0.4) is 0 Å². The molecule has 0 unspecified atom stereocenters. The van der Waals surface area contributed by atoms with Crippen LogP contribution in [0.5, 0.6) is 0 Å². The Balaban J connectivity index is 0.000000365. The van der Waals surface area contributed by atoms with Crippen LogP contribution in [0.1, 0.15) is 72.3 Å². The maximum Gasteiger partial charge on any atom is 0.222 e. The molecule has 2 aliphatic rings. The summed E-state index contributed by atoms with van der Waals surface area (Å²) in [5.41, 5.74) is 18.1. The number of hydrogen-bond acceptors (Lipinski definition) is 4. The summed E-state index contributed by atoms with van der Waals surface area (Å²) in [6, 6.07) is 10.00. The second-order valence-corrected chi connectivity index (χ2v) is 7.79. The Morgan fingerprint density at radius 2 is 1.61 bits per heavy atom. The summed E-state index contributed by atoms with van der Waals surface area (Å²) >= 11 is 0. The zero-order valence-corrected chi connectivity index (χ0v) is 20.4. The van der Waals surface area contributed by atoms with E-state index in [0.717, 1.165) is 46.9 Å². The molecular formula is C26H42N4O. The van der Waals surface area contributed by atoms with E-state index >= 15 is 0 Å². The minimum atomic E-state index is 0.313. The Kier molecular flexibility index (Phi) is 11.7. The van der Waals surface area contributed by atoms with E-state index in [1.165, 1.54) is 25.7 Å². The molecule has 0 radical (unpaired) electrons. The quantitative estimate of drug-likeness (QED) is 0.505. The molecular weight excluding hydrogens is 384 g/mol. The van der Waals surface area contributed by atoms with Crippen LogP contribution in [0.25, 0.3) is 5.70 Å². The summed E-state index contributed by atoms with van der Waals surface area (Å²) in [6.07, 6.45) is 5.46. The number of nitrogens with zero attached hydrogens (tertiary/aromatic N) is 2. The minimum Gasteiger partial charge on any atom is -0.402 e. The van der Waals surface area contributed by atoms with Crippen molar-refractivity contribution >= 4 is 17.3 Å². The highest BCUT2D eigenvalue weighted by Gasteiger charge is 2.31. The molecule has 5 heteroatoms. The van der Waals surface area contributed by atoms with Gasteiger partial charge in [0.15, 0.2) is 0 Å². The lowest BCUT2D eigenvalue weighted by atomic mass is 9.93. The van der Waals surface area contributed by atoms with Crippen molar-refractivity contribution in [2.75, 3.05) is 20.1 Å². The fourth-order valence-corrected chi connectivity index (χ4v) is 3.70. The first-order valence-corrected chi connectivity index (χ1v) is 11.6. The van der Waals surface area contributed by atoms with E-state index in [1.807, 2.05) is 76.9 Å². The predicted molar refractivity (Wildman–Crippen MR) is 134 cm³/mol. The van der Waals surface area contributed by atoms with Gasteiger partial charge in [-0.2, -0.15) is 0 Å². The first-order chi connectivity index (χ1) is 14.9. The standard InChI is InChI=1S/C17H23N3.C7H13NO.C2H6/c1-11(16(19)13-7-5-4-6-8-13)15(12(2)18)17(20-3)14-9-10-14;1-2-7(9)8-5-3-4-6-8;1-2/h4-8,14H,9-10,18-19H2,1-3H3;2-6H2,1H3;1-2H3/b15-12+,16-11-,20-17?;;. The van der Waals surface area contributed by atoms with Gasteiger partial charge < -0.3 is 16.4 Å². The van der Waals surface area contributed by atoms with Crippen LogP contribution in [0.15, 0.2) is 52.2 Å². The first-order valence-electron chi connectivity index (χ1n) is 11.6. The third kappa shape index (κ3) is 7.89. The van der Waals surface area contributed by atoms with Crippen LogP contribution in [0.4, 0.5) is 0 Å². The molecule has 1 saturated carbocycles. The fourth-order valence-electron chi connectivity index (χ4n) is 3.70. The molecule has 0 aromatic heterocycles. The largest absolute Gasteiger partial charge is 0.402 e.